The number of benzene rings is 2. The lowest BCUT2D eigenvalue weighted by atomic mass is 9.53. The Kier molecular flexibility index (Phi) is 7.07. The lowest BCUT2D eigenvalue weighted by Crippen LogP contribution is -2.73. The number of fused-ring (bicyclic) bond motifs is 1. The summed E-state index contributed by atoms with van der Waals surface area (Å²) in [5.74, 6) is 1.41. The number of ether oxygens (including phenoxy) is 1. The van der Waals surface area contributed by atoms with Gasteiger partial charge >= 0.3 is 0 Å². The number of phenols is 1. The van der Waals surface area contributed by atoms with Crippen molar-refractivity contribution in [2.45, 2.75) is 68.6 Å². The Balaban J connectivity index is 1.36. The zero-order chi connectivity index (χ0) is 26.8. The van der Waals surface area contributed by atoms with E-state index in [1.54, 1.807) is 18.2 Å². The van der Waals surface area contributed by atoms with Crippen molar-refractivity contribution in [2.24, 2.45) is 5.92 Å². The van der Waals surface area contributed by atoms with Crippen LogP contribution in [0, 0.1) is 12.8 Å². The van der Waals surface area contributed by atoms with Crippen LogP contribution in [0.3, 0.4) is 0 Å². The second kappa shape index (κ2) is 9.98. The summed E-state index contributed by atoms with van der Waals surface area (Å²) >= 11 is 14.6. The number of alkyl halides is 1. The smallest absolute Gasteiger partial charge is 0.228 e. The molecule has 2 aliphatic carbocycles. The van der Waals surface area contributed by atoms with Crippen LogP contribution in [-0.4, -0.2) is 67.9 Å². The third-order valence-corrected chi connectivity index (χ3v) is 10.8. The Bertz CT molecular complexity index is 1270. The van der Waals surface area contributed by atoms with Gasteiger partial charge in [0.25, 0.3) is 0 Å². The number of likely N-dealkylation sites (tertiary alicyclic amines) is 1. The molecule has 0 bridgehead atoms. The summed E-state index contributed by atoms with van der Waals surface area (Å²) in [5, 5.41) is 21.8. The van der Waals surface area contributed by atoms with Gasteiger partial charge < -0.3 is 19.8 Å². The van der Waals surface area contributed by atoms with Crippen molar-refractivity contribution in [3.63, 3.8) is 0 Å². The average molecular weight is 672 g/mol. The lowest BCUT2D eigenvalue weighted by molar-refractivity contribution is -0.171. The van der Waals surface area contributed by atoms with Crippen molar-refractivity contribution in [3.8, 4) is 11.5 Å². The van der Waals surface area contributed by atoms with Gasteiger partial charge in [-0.2, -0.15) is 0 Å². The monoisotopic (exact) mass is 671 g/mol. The van der Waals surface area contributed by atoms with E-state index in [1.807, 2.05) is 17.0 Å². The first-order chi connectivity index (χ1) is 18.2. The molecule has 6 rings (SSSR count). The number of halogens is 3. The average Bonchev–Trinajstić information content (AvgIpc) is 3.62. The summed E-state index contributed by atoms with van der Waals surface area (Å²) in [5.41, 5.74) is 1.52. The number of phenolic OH excluding ortho intramolecular Hbond substituents is 1. The molecule has 1 amide bonds. The van der Waals surface area contributed by atoms with Gasteiger partial charge in [0.1, 0.15) is 11.5 Å². The first kappa shape index (κ1) is 26.9. The van der Waals surface area contributed by atoms with Crippen molar-refractivity contribution in [2.75, 3.05) is 24.2 Å². The van der Waals surface area contributed by atoms with Crippen molar-refractivity contribution >= 4 is 51.7 Å². The fourth-order valence-electron chi connectivity index (χ4n) is 7.33. The number of rotatable bonds is 6. The molecule has 38 heavy (non-hydrogen) atoms. The first-order valence-corrected chi connectivity index (χ1v) is 15.7. The van der Waals surface area contributed by atoms with E-state index in [2.05, 4.69) is 34.4 Å². The van der Waals surface area contributed by atoms with E-state index in [9.17, 15) is 15.0 Å². The summed E-state index contributed by atoms with van der Waals surface area (Å²) in [6, 6.07) is 8.76. The lowest BCUT2D eigenvalue weighted by Gasteiger charge is -2.56. The van der Waals surface area contributed by atoms with Crippen LogP contribution in [0.4, 0.5) is 0 Å². The van der Waals surface area contributed by atoms with Gasteiger partial charge in [-0.3, -0.25) is 9.69 Å². The number of carbonyl (C=O) groups excluding carboxylic acids is 1. The molecule has 0 unspecified atom stereocenters. The molecule has 0 radical (unpaired) electrons. The van der Waals surface area contributed by atoms with E-state index in [1.165, 1.54) is 12.8 Å². The van der Waals surface area contributed by atoms with E-state index in [0.717, 1.165) is 42.1 Å². The van der Waals surface area contributed by atoms with Crippen LogP contribution < -0.4 is 4.74 Å². The summed E-state index contributed by atoms with van der Waals surface area (Å²) in [7, 11) is 0. The number of nitrogens with zero attached hydrogens (tertiary/aromatic N) is 2. The van der Waals surface area contributed by atoms with Gasteiger partial charge in [0, 0.05) is 18.5 Å². The van der Waals surface area contributed by atoms with E-state index in [-0.39, 0.29) is 30.2 Å². The SMILES string of the molecule is Cc1ccc(O)c2c1[C@]13CCN(CC4CC4)C[C@]1([OH2+])CC[C@@H](N(CI)C(=O)Cc1ccc(Cl)c(Cl)c1)[C@@H]3O2. The van der Waals surface area contributed by atoms with Crippen LogP contribution in [-0.2, 0) is 16.6 Å². The predicted octanol–water partition coefficient (Wildman–Crippen LogP) is 5.21. The highest BCUT2D eigenvalue weighted by Gasteiger charge is 2.72. The van der Waals surface area contributed by atoms with Gasteiger partial charge in [-0.05, 0) is 74.4 Å². The molecule has 3 fully saturated rings. The number of amides is 1. The molecular weight excluding hydrogens is 638 g/mol. The summed E-state index contributed by atoms with van der Waals surface area (Å²) in [6.45, 7) is 4.73. The van der Waals surface area contributed by atoms with Crippen molar-refractivity contribution in [3.05, 3.63) is 57.1 Å². The predicted molar refractivity (Wildman–Crippen MR) is 158 cm³/mol. The molecule has 1 saturated heterocycles. The van der Waals surface area contributed by atoms with Crippen LogP contribution in [0.15, 0.2) is 30.3 Å². The highest BCUT2D eigenvalue weighted by Crippen LogP contribution is 2.62. The molecule has 2 aromatic carbocycles. The fourth-order valence-corrected chi connectivity index (χ4v) is 8.54. The quantitative estimate of drug-likeness (QED) is 0.198. The number of aryl methyl sites for hydroxylation is 1. The molecule has 2 aliphatic heterocycles. The van der Waals surface area contributed by atoms with Crippen LogP contribution in [0.1, 0.15) is 48.8 Å². The normalized spacial score (nSPS) is 30.2. The molecule has 2 aromatic rings. The zero-order valence-electron chi connectivity index (χ0n) is 21.5. The molecule has 1 spiro atoms. The molecule has 0 aromatic heterocycles. The number of hydrogen-bond donors (Lipinski definition) is 1. The zero-order valence-corrected chi connectivity index (χ0v) is 25.2. The maximum absolute atomic E-state index is 13.7. The minimum absolute atomic E-state index is 0.00193. The van der Waals surface area contributed by atoms with E-state index in [4.69, 9.17) is 27.9 Å². The third kappa shape index (κ3) is 4.31. The summed E-state index contributed by atoms with van der Waals surface area (Å²) in [4.78, 5) is 18.1. The molecular formula is C29H34Cl2IN2O4+. The standard InChI is InChI=1S/C29H33Cl2IN2O4/c1-17-2-7-23(35)26-25(17)29-10-11-33(14-18-3-4-18)15-28(29,37)9-8-22(27(29)38-26)34(16-32)24(36)13-19-5-6-20(30)21(31)12-19/h2,5-7,12,18,22,27,35,37H,3-4,8-11,13-16H2,1H3/p+1/t22-,27+,28-,29+/m1/s1. The number of piperidine rings is 1. The minimum Gasteiger partial charge on any atom is -0.504 e. The number of hydrogen-bond acceptors (Lipinski definition) is 4. The molecule has 2 saturated carbocycles. The molecule has 204 valence electrons. The van der Waals surface area contributed by atoms with Crippen LogP contribution in [0.5, 0.6) is 11.5 Å². The second-order valence-corrected chi connectivity index (χ2v) is 13.1. The van der Waals surface area contributed by atoms with Crippen molar-refractivity contribution < 1.29 is 19.7 Å². The Hall–Kier alpha value is -1.26. The molecule has 2 heterocycles. The fraction of sp³-hybridized carbons (Fsp3) is 0.552. The second-order valence-electron chi connectivity index (χ2n) is 11.6. The maximum atomic E-state index is 13.7. The van der Waals surface area contributed by atoms with E-state index < -0.39 is 11.0 Å². The summed E-state index contributed by atoms with van der Waals surface area (Å²) < 4.78 is 7.20. The topological polar surface area (TPSA) is 75.9 Å². The number of aromatic hydroxyl groups is 1. The minimum atomic E-state index is -0.755. The van der Waals surface area contributed by atoms with Crippen LogP contribution >= 0.6 is 45.8 Å². The van der Waals surface area contributed by atoms with E-state index in [0.29, 0.717) is 39.7 Å². The molecule has 9 heteroatoms. The number of carbonyl (C=O) groups is 1. The van der Waals surface area contributed by atoms with Crippen LogP contribution in [0.25, 0.3) is 0 Å². The molecule has 4 atom stereocenters. The van der Waals surface area contributed by atoms with Gasteiger partial charge in [-0.25, -0.2) is 0 Å². The largest absolute Gasteiger partial charge is 0.504 e. The highest BCUT2D eigenvalue weighted by molar-refractivity contribution is 14.1. The Labute approximate surface area is 247 Å². The van der Waals surface area contributed by atoms with Crippen molar-refractivity contribution in [1.82, 2.24) is 9.80 Å². The van der Waals surface area contributed by atoms with Gasteiger partial charge in [0.05, 0.1) is 33.6 Å². The van der Waals surface area contributed by atoms with Gasteiger partial charge in [0.2, 0.25) is 5.91 Å². The van der Waals surface area contributed by atoms with Gasteiger partial charge in [0.15, 0.2) is 17.1 Å². The summed E-state index contributed by atoms with van der Waals surface area (Å²) in [6.07, 6.45) is 4.58. The molecule has 4 aliphatic rings. The van der Waals surface area contributed by atoms with Gasteiger partial charge in [-0.1, -0.05) is 57.9 Å². The van der Waals surface area contributed by atoms with Crippen molar-refractivity contribution in [1.29, 1.82) is 0 Å². The van der Waals surface area contributed by atoms with Crippen LogP contribution in [0.2, 0.25) is 10.0 Å². The molecule has 6 nitrogen and oxygen atoms in total. The van der Waals surface area contributed by atoms with Gasteiger partial charge in [-0.15, -0.1) is 0 Å². The highest BCUT2D eigenvalue weighted by atomic mass is 127. The Morgan fingerprint density at radius 3 is 2.71 bits per heavy atom. The Morgan fingerprint density at radius 1 is 1.21 bits per heavy atom. The van der Waals surface area contributed by atoms with E-state index >= 15 is 0 Å². The molecule has 3 N–H and O–H groups in total. The maximum Gasteiger partial charge on any atom is 0.228 e. The first-order valence-electron chi connectivity index (χ1n) is 13.4. The Morgan fingerprint density at radius 2 is 2.00 bits per heavy atom. The third-order valence-electron chi connectivity index (χ3n) is 9.31.